The number of likely N-dealkylation sites (tertiary alicyclic amines) is 1. The summed E-state index contributed by atoms with van der Waals surface area (Å²) in [4.78, 5) is 19.0. The number of nitrogens with zero attached hydrogens (tertiary/aromatic N) is 2. The van der Waals surface area contributed by atoms with E-state index in [0.717, 1.165) is 49.6 Å². The van der Waals surface area contributed by atoms with Crippen LogP contribution in [0.5, 0.6) is 0 Å². The predicted octanol–water partition coefficient (Wildman–Crippen LogP) is 2.36. The Bertz CT molecular complexity index is 462. The molecule has 1 aliphatic heterocycles. The quantitative estimate of drug-likeness (QED) is 0.791. The minimum atomic E-state index is 0. The third kappa shape index (κ3) is 7.81. The lowest BCUT2D eigenvalue weighted by Gasteiger charge is -2.30. The lowest BCUT2D eigenvalue weighted by Crippen LogP contribution is -2.41. The number of piperidine rings is 1. The van der Waals surface area contributed by atoms with Crippen LogP contribution in [0, 0.1) is 12.8 Å². The molecule has 0 spiro atoms. The lowest BCUT2D eigenvalue weighted by atomic mass is 9.96. The smallest absolute Gasteiger partial charge is 0.223 e. The summed E-state index contributed by atoms with van der Waals surface area (Å²) in [5.74, 6) is 0.353. The molecule has 1 aromatic rings. The fourth-order valence-corrected chi connectivity index (χ4v) is 3.23. The molecule has 0 radical (unpaired) electrons. The van der Waals surface area contributed by atoms with Crippen molar-refractivity contribution < 1.29 is 4.79 Å². The first-order chi connectivity index (χ1) is 10.0. The van der Waals surface area contributed by atoms with Crippen molar-refractivity contribution in [2.75, 3.05) is 19.6 Å². The molecular formula is C15H28Cl2N4OS. The Morgan fingerprint density at radius 2 is 2.13 bits per heavy atom. The predicted molar refractivity (Wildman–Crippen MR) is 101 cm³/mol. The first-order valence-electron chi connectivity index (χ1n) is 7.71. The van der Waals surface area contributed by atoms with Gasteiger partial charge >= 0.3 is 0 Å². The van der Waals surface area contributed by atoms with E-state index in [4.69, 9.17) is 5.73 Å². The highest BCUT2D eigenvalue weighted by atomic mass is 35.5. The molecule has 0 aromatic carbocycles. The van der Waals surface area contributed by atoms with Crippen LogP contribution in [0.1, 0.15) is 36.9 Å². The molecule has 5 nitrogen and oxygen atoms in total. The van der Waals surface area contributed by atoms with Gasteiger partial charge in [-0.3, -0.25) is 9.69 Å². The summed E-state index contributed by atoms with van der Waals surface area (Å²) in [6.45, 7) is 7.54. The minimum absolute atomic E-state index is 0. The molecule has 2 rings (SSSR count). The Hall–Kier alpha value is -0.400. The largest absolute Gasteiger partial charge is 0.356 e. The summed E-state index contributed by atoms with van der Waals surface area (Å²) in [6.07, 6.45) is 2.72. The maximum atomic E-state index is 12.1. The van der Waals surface area contributed by atoms with Crippen molar-refractivity contribution in [3.05, 3.63) is 16.1 Å². The number of carbonyl (C=O) groups excluding carboxylic acids is 1. The normalized spacial score (nSPS) is 17.0. The number of aromatic nitrogens is 1. The van der Waals surface area contributed by atoms with Gasteiger partial charge in [0.1, 0.15) is 0 Å². The van der Waals surface area contributed by atoms with Crippen molar-refractivity contribution in [1.29, 1.82) is 0 Å². The molecule has 8 heteroatoms. The molecule has 0 aliphatic carbocycles. The zero-order valence-electron chi connectivity index (χ0n) is 13.8. The number of aryl methyl sites for hydroxylation is 1. The van der Waals surface area contributed by atoms with Gasteiger partial charge in [0, 0.05) is 30.4 Å². The minimum Gasteiger partial charge on any atom is -0.356 e. The number of nitrogens with one attached hydrogen (secondary N) is 1. The number of nitrogens with two attached hydrogens (primary N) is 1. The van der Waals surface area contributed by atoms with Crippen LogP contribution in [-0.4, -0.2) is 41.5 Å². The summed E-state index contributed by atoms with van der Waals surface area (Å²) < 4.78 is 0. The van der Waals surface area contributed by atoms with Crippen molar-refractivity contribution >= 4 is 42.1 Å². The van der Waals surface area contributed by atoms with E-state index in [9.17, 15) is 4.79 Å². The molecule has 0 bridgehead atoms. The maximum absolute atomic E-state index is 12.1. The highest BCUT2D eigenvalue weighted by Crippen LogP contribution is 2.19. The number of thiazole rings is 1. The molecule has 23 heavy (non-hydrogen) atoms. The average Bonchev–Trinajstić information content (AvgIpc) is 2.84. The van der Waals surface area contributed by atoms with Gasteiger partial charge in [0.25, 0.3) is 0 Å². The van der Waals surface area contributed by atoms with E-state index in [1.807, 2.05) is 13.8 Å². The zero-order valence-corrected chi connectivity index (χ0v) is 16.2. The molecule has 2 heterocycles. The fourth-order valence-electron chi connectivity index (χ4n) is 2.63. The van der Waals surface area contributed by atoms with E-state index in [1.54, 1.807) is 11.3 Å². The Labute approximate surface area is 155 Å². The van der Waals surface area contributed by atoms with Gasteiger partial charge in [-0.1, -0.05) is 0 Å². The van der Waals surface area contributed by atoms with Gasteiger partial charge in [-0.2, -0.15) is 0 Å². The maximum Gasteiger partial charge on any atom is 0.223 e. The fraction of sp³-hybridized carbons (Fsp3) is 0.733. The second-order valence-corrected chi connectivity index (χ2v) is 7.03. The zero-order chi connectivity index (χ0) is 15.2. The van der Waals surface area contributed by atoms with Crippen LogP contribution in [0.25, 0.3) is 0 Å². The lowest BCUT2D eigenvalue weighted by molar-refractivity contribution is -0.126. The highest BCUT2D eigenvalue weighted by Gasteiger charge is 2.24. The first-order valence-corrected chi connectivity index (χ1v) is 8.59. The summed E-state index contributed by atoms with van der Waals surface area (Å²) >= 11 is 1.70. The van der Waals surface area contributed by atoms with Crippen molar-refractivity contribution in [3.8, 4) is 0 Å². The molecule has 1 unspecified atom stereocenters. The highest BCUT2D eigenvalue weighted by molar-refractivity contribution is 7.09. The second kappa shape index (κ2) is 11.2. The molecule has 1 aromatic heterocycles. The summed E-state index contributed by atoms with van der Waals surface area (Å²) in [5.41, 5.74) is 6.84. The van der Waals surface area contributed by atoms with E-state index in [1.165, 1.54) is 0 Å². The SMILES string of the molecule is Cc1nc(CN2CCC(C(=O)NCCC(C)N)CC2)cs1.Cl.Cl. The van der Waals surface area contributed by atoms with Gasteiger partial charge in [0.2, 0.25) is 5.91 Å². The number of rotatable bonds is 6. The average molecular weight is 383 g/mol. The van der Waals surface area contributed by atoms with E-state index >= 15 is 0 Å². The molecule has 134 valence electrons. The van der Waals surface area contributed by atoms with Crippen molar-refractivity contribution in [2.24, 2.45) is 11.7 Å². The van der Waals surface area contributed by atoms with Gasteiger partial charge < -0.3 is 11.1 Å². The number of halogens is 2. The van der Waals surface area contributed by atoms with Crippen LogP contribution in [0.2, 0.25) is 0 Å². The third-order valence-corrected chi connectivity index (χ3v) is 4.73. The van der Waals surface area contributed by atoms with E-state index < -0.39 is 0 Å². The number of amides is 1. The molecule has 1 amide bonds. The first kappa shape index (κ1) is 22.6. The Morgan fingerprint density at radius 1 is 1.48 bits per heavy atom. The topological polar surface area (TPSA) is 71.2 Å². The van der Waals surface area contributed by atoms with Gasteiger partial charge in [-0.25, -0.2) is 4.98 Å². The molecule has 3 N–H and O–H groups in total. The molecule has 1 atom stereocenters. The van der Waals surface area contributed by atoms with Gasteiger partial charge in [0.05, 0.1) is 10.7 Å². The Morgan fingerprint density at radius 3 is 2.65 bits per heavy atom. The Balaban J connectivity index is 0.00000242. The number of hydrogen-bond acceptors (Lipinski definition) is 5. The van der Waals surface area contributed by atoms with Gasteiger partial charge in [0.15, 0.2) is 0 Å². The van der Waals surface area contributed by atoms with Gasteiger partial charge in [-0.05, 0) is 46.2 Å². The molecular weight excluding hydrogens is 355 g/mol. The Kier molecular flexibility index (Phi) is 11.0. The van der Waals surface area contributed by atoms with Crippen LogP contribution < -0.4 is 11.1 Å². The van der Waals surface area contributed by atoms with Crippen molar-refractivity contribution in [3.63, 3.8) is 0 Å². The second-order valence-electron chi connectivity index (χ2n) is 5.97. The third-order valence-electron chi connectivity index (χ3n) is 3.91. The van der Waals surface area contributed by atoms with Crippen molar-refractivity contribution in [1.82, 2.24) is 15.2 Å². The molecule has 0 saturated carbocycles. The van der Waals surface area contributed by atoms with Crippen LogP contribution >= 0.6 is 36.2 Å². The summed E-state index contributed by atoms with van der Waals surface area (Å²) in [7, 11) is 0. The van der Waals surface area contributed by atoms with Crippen LogP contribution in [0.4, 0.5) is 0 Å². The van der Waals surface area contributed by atoms with Crippen molar-refractivity contribution in [2.45, 2.75) is 45.7 Å². The van der Waals surface area contributed by atoms with E-state index in [-0.39, 0.29) is 42.7 Å². The molecule has 1 saturated heterocycles. The van der Waals surface area contributed by atoms with E-state index in [2.05, 4.69) is 20.6 Å². The molecule has 1 aliphatic rings. The van der Waals surface area contributed by atoms with Crippen LogP contribution in [-0.2, 0) is 11.3 Å². The number of hydrogen-bond donors (Lipinski definition) is 2. The monoisotopic (exact) mass is 382 g/mol. The van der Waals surface area contributed by atoms with Gasteiger partial charge in [-0.15, -0.1) is 36.2 Å². The van der Waals surface area contributed by atoms with Crippen LogP contribution in [0.3, 0.4) is 0 Å². The summed E-state index contributed by atoms with van der Waals surface area (Å²) in [5, 5.41) is 6.25. The van der Waals surface area contributed by atoms with E-state index in [0.29, 0.717) is 6.54 Å². The summed E-state index contributed by atoms with van der Waals surface area (Å²) in [6, 6.07) is 0.147. The van der Waals surface area contributed by atoms with Crippen LogP contribution in [0.15, 0.2) is 5.38 Å². The molecule has 1 fully saturated rings. The number of carbonyl (C=O) groups is 1. The standard InChI is InChI=1S/C15H26N4OS.2ClH/c1-11(16)3-6-17-15(20)13-4-7-19(8-5-13)9-14-10-21-12(2)18-14;;/h10-11,13H,3-9,16H2,1-2H3,(H,17,20);2*1H.